The van der Waals surface area contributed by atoms with E-state index >= 15 is 0 Å². The average Bonchev–Trinajstić information content (AvgIpc) is 3.13. The van der Waals surface area contributed by atoms with Crippen molar-refractivity contribution >= 4 is 49.4 Å². The van der Waals surface area contributed by atoms with Gasteiger partial charge in [0.1, 0.15) is 0 Å². The average molecular weight is 605 g/mol. The van der Waals surface area contributed by atoms with E-state index < -0.39 is 0 Å². The second kappa shape index (κ2) is 12.2. The number of nitrogen functional groups attached to an aromatic ring is 1. The topological polar surface area (TPSA) is 29.3 Å². The highest BCUT2D eigenvalue weighted by Crippen LogP contribution is 2.44. The lowest BCUT2D eigenvalue weighted by atomic mass is 9.85. The highest BCUT2D eigenvalue weighted by Gasteiger charge is 2.18. The maximum Gasteiger partial charge on any atom is 0.0644 e. The van der Waals surface area contributed by atoms with Crippen molar-refractivity contribution in [1.82, 2.24) is 0 Å². The summed E-state index contributed by atoms with van der Waals surface area (Å²) in [5.41, 5.74) is 16.9. The minimum atomic E-state index is 0.794. The summed E-state index contributed by atoms with van der Waals surface area (Å²) in [6, 6.07) is 59.1. The first-order chi connectivity index (χ1) is 23.2. The molecule has 0 heterocycles. The number of rotatable bonds is 7. The minimum Gasteiger partial charge on any atom is -0.397 e. The summed E-state index contributed by atoms with van der Waals surface area (Å²) < 4.78 is 0. The molecule has 8 rings (SSSR count). The van der Waals surface area contributed by atoms with Crippen LogP contribution in [0.25, 0.3) is 65.7 Å². The van der Waals surface area contributed by atoms with Crippen molar-refractivity contribution in [1.29, 1.82) is 0 Å². The van der Waals surface area contributed by atoms with Crippen molar-refractivity contribution in [2.75, 3.05) is 17.2 Å². The Morgan fingerprint density at radius 3 is 1.49 bits per heavy atom. The second-order valence-corrected chi connectivity index (χ2v) is 12.2. The summed E-state index contributed by atoms with van der Waals surface area (Å²) in [4.78, 5) is 2.32. The molecule has 0 atom stereocenters. The molecule has 2 N–H and O–H groups in total. The molecule has 0 aliphatic carbocycles. The van der Waals surface area contributed by atoms with E-state index in [1.807, 2.05) is 12.1 Å². The van der Waals surface area contributed by atoms with Crippen LogP contribution in [0.1, 0.15) is 13.3 Å². The lowest BCUT2D eigenvalue weighted by Gasteiger charge is -2.26. The fourth-order valence-electron chi connectivity index (χ4n) is 7.20. The van der Waals surface area contributed by atoms with Crippen LogP contribution in [0.15, 0.2) is 164 Å². The van der Waals surface area contributed by atoms with Gasteiger partial charge >= 0.3 is 0 Å². The Labute approximate surface area is 276 Å². The van der Waals surface area contributed by atoms with Gasteiger partial charge in [-0.05, 0) is 96.4 Å². The normalized spacial score (nSPS) is 11.3. The van der Waals surface area contributed by atoms with Crippen molar-refractivity contribution in [2.45, 2.75) is 13.3 Å². The fourth-order valence-corrected chi connectivity index (χ4v) is 7.20. The third-order valence-electron chi connectivity index (χ3n) is 9.35. The highest BCUT2D eigenvalue weighted by atomic mass is 15.1. The molecule has 226 valence electrons. The molecular formula is C45H36N2. The van der Waals surface area contributed by atoms with E-state index in [2.05, 4.69) is 163 Å². The molecule has 8 aromatic carbocycles. The molecule has 0 saturated carbocycles. The van der Waals surface area contributed by atoms with Crippen molar-refractivity contribution < 1.29 is 0 Å². The van der Waals surface area contributed by atoms with E-state index in [0.717, 1.165) is 30.0 Å². The maximum atomic E-state index is 6.41. The van der Waals surface area contributed by atoms with Gasteiger partial charge < -0.3 is 10.6 Å². The predicted octanol–water partition coefficient (Wildman–Crippen LogP) is 12.3. The van der Waals surface area contributed by atoms with Crippen LogP contribution in [0.5, 0.6) is 0 Å². The van der Waals surface area contributed by atoms with Gasteiger partial charge in [-0.25, -0.2) is 0 Å². The van der Waals surface area contributed by atoms with Gasteiger partial charge in [0.15, 0.2) is 0 Å². The van der Waals surface area contributed by atoms with Crippen LogP contribution in [0.2, 0.25) is 0 Å². The van der Waals surface area contributed by atoms with E-state index in [4.69, 9.17) is 5.73 Å². The fraction of sp³-hybridized carbons (Fsp3) is 0.0667. The number of nitrogens with two attached hydrogens (primary N) is 1. The molecule has 2 heteroatoms. The van der Waals surface area contributed by atoms with E-state index in [1.165, 1.54) is 65.7 Å². The Morgan fingerprint density at radius 1 is 0.447 bits per heavy atom. The number of para-hydroxylation sites is 2. The molecule has 0 spiro atoms. The van der Waals surface area contributed by atoms with Crippen LogP contribution in [0.4, 0.5) is 17.1 Å². The molecule has 2 nitrogen and oxygen atoms in total. The van der Waals surface area contributed by atoms with Crippen LogP contribution in [-0.4, -0.2) is 6.54 Å². The monoisotopic (exact) mass is 604 g/mol. The van der Waals surface area contributed by atoms with Crippen molar-refractivity contribution in [3.63, 3.8) is 0 Å². The molecule has 0 amide bonds. The van der Waals surface area contributed by atoms with E-state index in [0.29, 0.717) is 0 Å². The molecule has 0 bridgehead atoms. The summed E-state index contributed by atoms with van der Waals surface area (Å²) in [5, 5.41) is 7.56. The summed E-state index contributed by atoms with van der Waals surface area (Å²) in [5.74, 6) is 0. The molecule has 0 fully saturated rings. The number of fused-ring (bicyclic) bond motifs is 3. The number of nitrogens with zero attached hydrogens (tertiary/aromatic N) is 1. The van der Waals surface area contributed by atoms with Crippen LogP contribution in [0.3, 0.4) is 0 Å². The van der Waals surface area contributed by atoms with Gasteiger partial charge in [0.05, 0.1) is 11.4 Å². The van der Waals surface area contributed by atoms with Gasteiger partial charge in [-0.1, -0.05) is 146 Å². The summed E-state index contributed by atoms with van der Waals surface area (Å²) in [7, 11) is 0. The molecule has 0 aliphatic rings. The molecule has 0 saturated heterocycles. The number of hydrogen-bond donors (Lipinski definition) is 1. The maximum absolute atomic E-state index is 6.41. The highest BCUT2D eigenvalue weighted by molar-refractivity contribution is 6.21. The standard InChI is InChI=1S/C45H36N2/c1-2-30-47(43-21-10-9-20-42(43)46)35-28-26-34(27-29-35)45-40-17-7-5-15-38(40)44(39-16-6-8-18-41(39)45)33-24-22-32(23-25-33)37-19-11-13-31-12-3-4-14-36(31)37/h3-29H,2,30,46H2,1H3. The quantitative estimate of drug-likeness (QED) is 0.145. The van der Waals surface area contributed by atoms with Crippen LogP contribution >= 0.6 is 0 Å². The lowest BCUT2D eigenvalue weighted by Crippen LogP contribution is -2.19. The number of hydrogen-bond acceptors (Lipinski definition) is 2. The summed E-state index contributed by atoms with van der Waals surface area (Å²) >= 11 is 0. The van der Waals surface area contributed by atoms with Gasteiger partial charge in [0.25, 0.3) is 0 Å². The van der Waals surface area contributed by atoms with Crippen LogP contribution in [0, 0.1) is 0 Å². The lowest BCUT2D eigenvalue weighted by molar-refractivity contribution is 0.887. The molecule has 0 aromatic heterocycles. The first kappa shape index (κ1) is 28.6. The Bertz CT molecular complexity index is 2310. The van der Waals surface area contributed by atoms with Crippen LogP contribution < -0.4 is 10.6 Å². The zero-order valence-corrected chi connectivity index (χ0v) is 26.5. The Morgan fingerprint density at radius 2 is 0.915 bits per heavy atom. The van der Waals surface area contributed by atoms with E-state index in [1.54, 1.807) is 0 Å². The summed E-state index contributed by atoms with van der Waals surface area (Å²) in [6.45, 7) is 3.10. The minimum absolute atomic E-state index is 0.794. The zero-order chi connectivity index (χ0) is 31.7. The Hall–Kier alpha value is -5.86. The van der Waals surface area contributed by atoms with Crippen molar-refractivity contribution in [3.8, 4) is 33.4 Å². The predicted molar refractivity (Wildman–Crippen MR) is 203 cm³/mol. The zero-order valence-electron chi connectivity index (χ0n) is 26.5. The third kappa shape index (κ3) is 5.09. The van der Waals surface area contributed by atoms with Gasteiger partial charge in [0, 0.05) is 12.2 Å². The van der Waals surface area contributed by atoms with Gasteiger partial charge in [0.2, 0.25) is 0 Å². The largest absolute Gasteiger partial charge is 0.397 e. The van der Waals surface area contributed by atoms with Gasteiger partial charge in [-0.15, -0.1) is 0 Å². The summed E-state index contributed by atoms with van der Waals surface area (Å²) in [6.07, 6.45) is 1.02. The van der Waals surface area contributed by atoms with Gasteiger partial charge in [-0.3, -0.25) is 0 Å². The molecular weight excluding hydrogens is 569 g/mol. The van der Waals surface area contributed by atoms with E-state index in [9.17, 15) is 0 Å². The molecule has 8 aromatic rings. The van der Waals surface area contributed by atoms with Crippen molar-refractivity contribution in [3.05, 3.63) is 164 Å². The van der Waals surface area contributed by atoms with Crippen LogP contribution in [-0.2, 0) is 0 Å². The molecule has 0 aliphatic heterocycles. The van der Waals surface area contributed by atoms with E-state index in [-0.39, 0.29) is 0 Å². The second-order valence-electron chi connectivity index (χ2n) is 12.2. The molecule has 0 radical (unpaired) electrons. The molecule has 0 unspecified atom stereocenters. The molecule has 47 heavy (non-hydrogen) atoms. The Kier molecular flexibility index (Phi) is 7.39. The number of benzene rings is 8. The first-order valence-corrected chi connectivity index (χ1v) is 16.5. The van der Waals surface area contributed by atoms with Gasteiger partial charge in [-0.2, -0.15) is 0 Å². The Balaban J connectivity index is 1.26. The smallest absolute Gasteiger partial charge is 0.0644 e. The third-order valence-corrected chi connectivity index (χ3v) is 9.35. The number of anilines is 3. The first-order valence-electron chi connectivity index (χ1n) is 16.5. The SMILES string of the molecule is CCCN(c1ccc(-c2c3ccccc3c(-c3ccc(-c4cccc5ccccc45)cc3)c3ccccc23)cc1)c1ccccc1N. The van der Waals surface area contributed by atoms with Crippen molar-refractivity contribution in [2.24, 2.45) is 0 Å².